The van der Waals surface area contributed by atoms with Crippen molar-refractivity contribution >= 4 is 0 Å². The van der Waals surface area contributed by atoms with Crippen LogP contribution in [0.25, 0.3) is 0 Å². The van der Waals surface area contributed by atoms with E-state index in [1.807, 2.05) is 17.0 Å². The number of benzene rings is 2. The Hall–Kier alpha value is -2.29. The number of hydrogen-bond acceptors (Lipinski definition) is 3. The molecule has 5 heteroatoms. The van der Waals surface area contributed by atoms with Crippen molar-refractivity contribution in [3.05, 3.63) is 70.8 Å². The predicted octanol–water partition coefficient (Wildman–Crippen LogP) is 3.14. The van der Waals surface area contributed by atoms with Gasteiger partial charge in [0.1, 0.15) is 17.7 Å². The number of halogens is 2. The first kappa shape index (κ1) is 15.6. The van der Waals surface area contributed by atoms with E-state index < -0.39 is 11.9 Å². The Labute approximate surface area is 133 Å². The SMILES string of the molecule is N#Cc1cc(CN2C[C@@H](O)C[C@H]2c2cccc(F)c2)ccc1F. The second-order valence-electron chi connectivity index (χ2n) is 5.82. The van der Waals surface area contributed by atoms with E-state index in [4.69, 9.17) is 5.26 Å². The molecular weight excluding hydrogens is 298 g/mol. The van der Waals surface area contributed by atoms with Gasteiger partial charge in [0.05, 0.1) is 11.7 Å². The number of rotatable bonds is 3. The highest BCUT2D eigenvalue weighted by Crippen LogP contribution is 2.33. The molecule has 0 radical (unpaired) electrons. The van der Waals surface area contributed by atoms with E-state index in [-0.39, 0.29) is 17.4 Å². The monoisotopic (exact) mass is 314 g/mol. The molecule has 0 aliphatic carbocycles. The van der Waals surface area contributed by atoms with E-state index >= 15 is 0 Å². The van der Waals surface area contributed by atoms with Crippen LogP contribution >= 0.6 is 0 Å². The number of hydrogen-bond donors (Lipinski definition) is 1. The van der Waals surface area contributed by atoms with Gasteiger partial charge in [-0.1, -0.05) is 18.2 Å². The highest BCUT2D eigenvalue weighted by atomic mass is 19.1. The fraction of sp³-hybridized carbons (Fsp3) is 0.278. The smallest absolute Gasteiger partial charge is 0.140 e. The lowest BCUT2D eigenvalue weighted by atomic mass is 10.0. The maximum Gasteiger partial charge on any atom is 0.140 e. The summed E-state index contributed by atoms with van der Waals surface area (Å²) < 4.78 is 26.9. The molecule has 1 heterocycles. The quantitative estimate of drug-likeness (QED) is 0.947. The van der Waals surface area contributed by atoms with Crippen LogP contribution in [0.2, 0.25) is 0 Å². The summed E-state index contributed by atoms with van der Waals surface area (Å²) in [6.07, 6.45) is 0.0367. The van der Waals surface area contributed by atoms with E-state index in [2.05, 4.69) is 0 Å². The maximum absolute atomic E-state index is 13.5. The van der Waals surface area contributed by atoms with Gasteiger partial charge in [-0.2, -0.15) is 5.26 Å². The lowest BCUT2D eigenvalue weighted by molar-refractivity contribution is 0.172. The van der Waals surface area contributed by atoms with Crippen molar-refractivity contribution in [2.24, 2.45) is 0 Å². The molecule has 118 valence electrons. The van der Waals surface area contributed by atoms with Crippen molar-refractivity contribution in [1.82, 2.24) is 4.90 Å². The Kier molecular flexibility index (Phi) is 4.37. The molecule has 1 saturated heterocycles. The van der Waals surface area contributed by atoms with Gasteiger partial charge < -0.3 is 5.11 Å². The Balaban J connectivity index is 1.84. The normalized spacial score (nSPS) is 21.3. The molecule has 3 rings (SSSR count). The van der Waals surface area contributed by atoms with Crippen LogP contribution in [-0.2, 0) is 6.54 Å². The minimum atomic E-state index is -0.542. The maximum atomic E-state index is 13.5. The number of aliphatic hydroxyl groups is 1. The van der Waals surface area contributed by atoms with E-state index in [9.17, 15) is 13.9 Å². The fourth-order valence-electron chi connectivity index (χ4n) is 3.11. The zero-order chi connectivity index (χ0) is 16.4. The molecule has 1 aliphatic rings. The molecule has 0 unspecified atom stereocenters. The highest BCUT2D eigenvalue weighted by molar-refractivity contribution is 5.34. The van der Waals surface area contributed by atoms with Crippen molar-refractivity contribution in [3.8, 4) is 6.07 Å². The van der Waals surface area contributed by atoms with Crippen LogP contribution in [0.5, 0.6) is 0 Å². The molecule has 2 aromatic rings. The highest BCUT2D eigenvalue weighted by Gasteiger charge is 2.32. The molecule has 0 amide bonds. The third-order valence-corrected chi connectivity index (χ3v) is 4.15. The molecule has 0 spiro atoms. The number of β-amino-alcohol motifs (C(OH)–C–C–N with tert-alkyl or cyclic N) is 1. The number of aliphatic hydroxyl groups excluding tert-OH is 1. The van der Waals surface area contributed by atoms with Crippen LogP contribution in [-0.4, -0.2) is 22.7 Å². The molecule has 0 saturated carbocycles. The van der Waals surface area contributed by atoms with Gasteiger partial charge in [0.2, 0.25) is 0 Å². The molecule has 3 nitrogen and oxygen atoms in total. The first-order chi connectivity index (χ1) is 11.1. The van der Waals surface area contributed by atoms with E-state index in [0.717, 1.165) is 11.1 Å². The van der Waals surface area contributed by atoms with Crippen LogP contribution in [0, 0.1) is 23.0 Å². The Morgan fingerprint density at radius 2 is 2.04 bits per heavy atom. The second kappa shape index (κ2) is 6.45. The predicted molar refractivity (Wildman–Crippen MR) is 81.3 cm³/mol. The van der Waals surface area contributed by atoms with Gasteiger partial charge in [-0.25, -0.2) is 8.78 Å². The molecular formula is C18H16F2N2O. The summed E-state index contributed by atoms with van der Waals surface area (Å²) in [6.45, 7) is 0.924. The number of nitriles is 1. The first-order valence-corrected chi connectivity index (χ1v) is 7.43. The third-order valence-electron chi connectivity index (χ3n) is 4.15. The summed E-state index contributed by atoms with van der Waals surface area (Å²) in [6, 6.07) is 12.5. The largest absolute Gasteiger partial charge is 0.392 e. The van der Waals surface area contributed by atoms with Gasteiger partial charge in [0, 0.05) is 19.1 Å². The summed E-state index contributed by atoms with van der Waals surface area (Å²) in [5.41, 5.74) is 1.60. The summed E-state index contributed by atoms with van der Waals surface area (Å²) >= 11 is 0. The standard InChI is InChI=1S/C18H16F2N2O/c19-15-3-1-2-13(7-15)18-8-16(23)11-22(18)10-12-4-5-17(20)14(6-12)9-21/h1-7,16,18,23H,8,10-11H2/t16-,18-/m0/s1. The molecule has 2 atom stereocenters. The lowest BCUT2D eigenvalue weighted by Gasteiger charge is -2.24. The summed E-state index contributed by atoms with van der Waals surface area (Å²) in [5, 5.41) is 18.9. The van der Waals surface area contributed by atoms with Crippen LogP contribution < -0.4 is 0 Å². The van der Waals surface area contributed by atoms with Crippen LogP contribution in [0.15, 0.2) is 42.5 Å². The molecule has 23 heavy (non-hydrogen) atoms. The van der Waals surface area contributed by atoms with E-state index in [0.29, 0.717) is 19.5 Å². The minimum absolute atomic E-state index is 0.00421. The summed E-state index contributed by atoms with van der Waals surface area (Å²) in [4.78, 5) is 2.02. The molecule has 1 aliphatic heterocycles. The zero-order valence-corrected chi connectivity index (χ0v) is 12.4. The Morgan fingerprint density at radius 1 is 1.22 bits per heavy atom. The molecule has 2 aromatic carbocycles. The second-order valence-corrected chi connectivity index (χ2v) is 5.82. The average Bonchev–Trinajstić information content (AvgIpc) is 2.90. The third kappa shape index (κ3) is 3.39. The molecule has 1 N–H and O–H groups in total. The van der Waals surface area contributed by atoms with Crippen molar-refractivity contribution < 1.29 is 13.9 Å². The van der Waals surface area contributed by atoms with E-state index in [1.165, 1.54) is 24.3 Å². The average molecular weight is 314 g/mol. The fourth-order valence-corrected chi connectivity index (χ4v) is 3.11. The first-order valence-electron chi connectivity index (χ1n) is 7.43. The Bertz CT molecular complexity index is 757. The zero-order valence-electron chi connectivity index (χ0n) is 12.4. The van der Waals surface area contributed by atoms with Gasteiger partial charge in [-0.05, 0) is 41.8 Å². The number of nitrogens with zero attached hydrogens (tertiary/aromatic N) is 2. The van der Waals surface area contributed by atoms with Crippen molar-refractivity contribution in [2.45, 2.75) is 25.1 Å². The van der Waals surface area contributed by atoms with Crippen LogP contribution in [0.1, 0.15) is 29.2 Å². The Morgan fingerprint density at radius 3 is 2.78 bits per heavy atom. The van der Waals surface area contributed by atoms with Crippen molar-refractivity contribution in [3.63, 3.8) is 0 Å². The molecule has 0 aromatic heterocycles. The van der Waals surface area contributed by atoms with Gasteiger partial charge in [-0.15, -0.1) is 0 Å². The number of likely N-dealkylation sites (tertiary alicyclic amines) is 1. The summed E-state index contributed by atoms with van der Waals surface area (Å²) in [5.74, 6) is -0.850. The van der Waals surface area contributed by atoms with Crippen LogP contribution in [0.3, 0.4) is 0 Å². The molecule has 1 fully saturated rings. The van der Waals surface area contributed by atoms with Gasteiger partial charge in [0.15, 0.2) is 0 Å². The topological polar surface area (TPSA) is 47.3 Å². The van der Waals surface area contributed by atoms with Crippen molar-refractivity contribution in [1.29, 1.82) is 5.26 Å². The lowest BCUT2D eigenvalue weighted by Crippen LogP contribution is -2.24. The molecule has 0 bridgehead atoms. The summed E-state index contributed by atoms with van der Waals surface area (Å²) in [7, 11) is 0. The van der Waals surface area contributed by atoms with Gasteiger partial charge >= 0.3 is 0 Å². The van der Waals surface area contributed by atoms with E-state index in [1.54, 1.807) is 12.1 Å². The minimum Gasteiger partial charge on any atom is -0.392 e. The van der Waals surface area contributed by atoms with Gasteiger partial charge in [0.25, 0.3) is 0 Å². The van der Waals surface area contributed by atoms with Crippen molar-refractivity contribution in [2.75, 3.05) is 6.54 Å². The van der Waals surface area contributed by atoms with Gasteiger partial charge in [-0.3, -0.25) is 4.90 Å². The van der Waals surface area contributed by atoms with Crippen LogP contribution in [0.4, 0.5) is 8.78 Å².